The van der Waals surface area contributed by atoms with Crippen molar-refractivity contribution in [3.05, 3.63) is 11.7 Å². The summed E-state index contributed by atoms with van der Waals surface area (Å²) in [6.07, 6.45) is 3.10. The molecule has 0 bridgehead atoms. The van der Waals surface area contributed by atoms with Gasteiger partial charge in [-0.15, -0.1) is 0 Å². The van der Waals surface area contributed by atoms with Gasteiger partial charge < -0.3 is 14.5 Å². The standard InChI is InChI=1S/C14H23N3O4/c1-4-6-11-15-12(21-16-11)7-5-8-13(18)17(10(2)3)9-14(19)20/h10H,4-9H2,1-3H3,(H,19,20). The predicted molar refractivity (Wildman–Crippen MR) is 75.7 cm³/mol. The van der Waals surface area contributed by atoms with Crippen molar-refractivity contribution in [1.82, 2.24) is 15.0 Å². The van der Waals surface area contributed by atoms with Crippen LogP contribution >= 0.6 is 0 Å². The molecule has 0 unspecified atom stereocenters. The smallest absolute Gasteiger partial charge is 0.323 e. The van der Waals surface area contributed by atoms with Gasteiger partial charge in [-0.2, -0.15) is 4.98 Å². The molecule has 0 aromatic carbocycles. The number of hydrogen-bond acceptors (Lipinski definition) is 5. The Kier molecular flexibility index (Phi) is 6.84. The van der Waals surface area contributed by atoms with E-state index in [9.17, 15) is 9.59 Å². The van der Waals surface area contributed by atoms with Crippen LogP contribution in [0.4, 0.5) is 0 Å². The molecule has 1 aromatic rings. The fourth-order valence-electron chi connectivity index (χ4n) is 1.96. The molecule has 1 rings (SSSR count). The van der Waals surface area contributed by atoms with E-state index in [1.807, 2.05) is 6.92 Å². The van der Waals surface area contributed by atoms with Gasteiger partial charge in [0.2, 0.25) is 11.8 Å². The molecule has 0 atom stereocenters. The molecule has 7 heteroatoms. The first-order chi connectivity index (χ1) is 9.93. The molecule has 0 saturated carbocycles. The molecule has 0 spiro atoms. The van der Waals surface area contributed by atoms with Crippen molar-refractivity contribution in [1.29, 1.82) is 0 Å². The molecule has 1 heterocycles. The number of carbonyl (C=O) groups is 2. The van der Waals surface area contributed by atoms with E-state index in [0.29, 0.717) is 24.6 Å². The second-order valence-corrected chi connectivity index (χ2v) is 5.22. The fraction of sp³-hybridized carbons (Fsp3) is 0.714. The molecule has 21 heavy (non-hydrogen) atoms. The number of carbonyl (C=O) groups excluding carboxylic acids is 1. The molecule has 1 aromatic heterocycles. The van der Waals surface area contributed by atoms with E-state index in [1.54, 1.807) is 13.8 Å². The maximum atomic E-state index is 12.0. The van der Waals surface area contributed by atoms with Crippen molar-refractivity contribution in [3.63, 3.8) is 0 Å². The van der Waals surface area contributed by atoms with E-state index in [-0.39, 0.29) is 24.9 Å². The van der Waals surface area contributed by atoms with Crippen LogP contribution in [0.2, 0.25) is 0 Å². The number of carboxylic acids is 1. The molecule has 0 aliphatic carbocycles. The van der Waals surface area contributed by atoms with Gasteiger partial charge in [-0.05, 0) is 26.7 Å². The molecule has 0 radical (unpaired) electrons. The summed E-state index contributed by atoms with van der Waals surface area (Å²) in [6, 6.07) is -0.131. The van der Waals surface area contributed by atoms with E-state index in [0.717, 1.165) is 12.8 Å². The van der Waals surface area contributed by atoms with Gasteiger partial charge in [0.25, 0.3) is 0 Å². The maximum absolute atomic E-state index is 12.0. The monoisotopic (exact) mass is 297 g/mol. The predicted octanol–water partition coefficient (Wildman–Crippen LogP) is 1.67. The third-order valence-electron chi connectivity index (χ3n) is 3.01. The Balaban J connectivity index is 2.41. The Morgan fingerprint density at radius 1 is 1.33 bits per heavy atom. The minimum Gasteiger partial charge on any atom is -0.480 e. The lowest BCUT2D eigenvalue weighted by Crippen LogP contribution is -2.40. The van der Waals surface area contributed by atoms with Gasteiger partial charge in [0, 0.05) is 25.3 Å². The van der Waals surface area contributed by atoms with Crippen molar-refractivity contribution >= 4 is 11.9 Å². The summed E-state index contributed by atoms with van der Waals surface area (Å²) in [6.45, 7) is 5.38. The van der Waals surface area contributed by atoms with Crippen LogP contribution in [0.15, 0.2) is 4.52 Å². The van der Waals surface area contributed by atoms with Crippen LogP contribution in [0.25, 0.3) is 0 Å². The third kappa shape index (κ3) is 5.93. The number of aliphatic carboxylic acids is 1. The number of hydrogen-bond donors (Lipinski definition) is 1. The summed E-state index contributed by atoms with van der Waals surface area (Å²) in [7, 11) is 0. The van der Waals surface area contributed by atoms with Gasteiger partial charge in [-0.25, -0.2) is 0 Å². The Morgan fingerprint density at radius 2 is 2.05 bits per heavy atom. The lowest BCUT2D eigenvalue weighted by atomic mass is 10.2. The van der Waals surface area contributed by atoms with E-state index in [1.165, 1.54) is 4.90 Å². The summed E-state index contributed by atoms with van der Waals surface area (Å²) < 4.78 is 5.09. The molecule has 7 nitrogen and oxygen atoms in total. The van der Waals surface area contributed by atoms with Gasteiger partial charge in [0.1, 0.15) is 6.54 Å². The lowest BCUT2D eigenvalue weighted by Gasteiger charge is -2.24. The first-order valence-electron chi connectivity index (χ1n) is 7.26. The van der Waals surface area contributed by atoms with Gasteiger partial charge in [-0.3, -0.25) is 9.59 Å². The van der Waals surface area contributed by atoms with Crippen LogP contribution in [0.3, 0.4) is 0 Å². The zero-order valence-corrected chi connectivity index (χ0v) is 12.8. The van der Waals surface area contributed by atoms with E-state index < -0.39 is 5.97 Å². The highest BCUT2D eigenvalue weighted by atomic mass is 16.5. The molecule has 118 valence electrons. The number of aromatic nitrogens is 2. The molecule has 0 fully saturated rings. The Bertz CT molecular complexity index is 471. The summed E-state index contributed by atoms with van der Waals surface area (Å²) in [4.78, 5) is 28.4. The van der Waals surface area contributed by atoms with Gasteiger partial charge in [-0.1, -0.05) is 12.1 Å². The SMILES string of the molecule is CCCc1noc(CCCC(=O)N(CC(=O)O)C(C)C)n1. The minimum absolute atomic E-state index is 0.131. The van der Waals surface area contributed by atoms with Crippen LogP contribution < -0.4 is 0 Å². The first-order valence-corrected chi connectivity index (χ1v) is 7.26. The highest BCUT2D eigenvalue weighted by Crippen LogP contribution is 2.08. The highest BCUT2D eigenvalue weighted by molar-refractivity contribution is 5.81. The van der Waals surface area contributed by atoms with Crippen LogP contribution in [0.1, 0.15) is 51.7 Å². The number of aryl methyl sites for hydroxylation is 2. The van der Waals surface area contributed by atoms with Crippen molar-refractivity contribution in [2.24, 2.45) is 0 Å². The number of carboxylic acid groups (broad SMARTS) is 1. The molecule has 0 aliphatic rings. The van der Waals surface area contributed by atoms with Crippen molar-refractivity contribution in [2.75, 3.05) is 6.54 Å². The van der Waals surface area contributed by atoms with Gasteiger partial charge >= 0.3 is 5.97 Å². The second-order valence-electron chi connectivity index (χ2n) is 5.22. The summed E-state index contributed by atoms with van der Waals surface area (Å²) in [5.74, 6) is 0.0490. The van der Waals surface area contributed by atoms with Crippen LogP contribution in [0.5, 0.6) is 0 Å². The van der Waals surface area contributed by atoms with Crippen LogP contribution in [-0.4, -0.2) is 44.6 Å². The van der Waals surface area contributed by atoms with Crippen LogP contribution in [0, 0.1) is 0 Å². The quantitative estimate of drug-likeness (QED) is 0.744. The zero-order chi connectivity index (χ0) is 15.8. The van der Waals surface area contributed by atoms with E-state index in [2.05, 4.69) is 10.1 Å². The van der Waals surface area contributed by atoms with Crippen molar-refractivity contribution < 1.29 is 19.2 Å². The van der Waals surface area contributed by atoms with E-state index in [4.69, 9.17) is 9.63 Å². The van der Waals surface area contributed by atoms with Gasteiger partial charge in [0.15, 0.2) is 5.82 Å². The number of rotatable bonds is 9. The Hall–Kier alpha value is -1.92. The maximum Gasteiger partial charge on any atom is 0.323 e. The van der Waals surface area contributed by atoms with Crippen molar-refractivity contribution in [3.8, 4) is 0 Å². The normalized spacial score (nSPS) is 10.9. The summed E-state index contributed by atoms with van der Waals surface area (Å²) in [5, 5.41) is 12.7. The second kappa shape index (κ2) is 8.39. The van der Waals surface area contributed by atoms with Crippen LogP contribution in [-0.2, 0) is 22.4 Å². The molecular formula is C14H23N3O4. The average molecular weight is 297 g/mol. The Morgan fingerprint density at radius 3 is 2.62 bits per heavy atom. The molecule has 1 N–H and O–H groups in total. The first kappa shape index (κ1) is 17.1. The largest absolute Gasteiger partial charge is 0.480 e. The number of amides is 1. The highest BCUT2D eigenvalue weighted by Gasteiger charge is 2.19. The van der Waals surface area contributed by atoms with Crippen molar-refractivity contribution in [2.45, 2.75) is 58.9 Å². The Labute approximate surface area is 124 Å². The zero-order valence-electron chi connectivity index (χ0n) is 12.8. The van der Waals surface area contributed by atoms with Gasteiger partial charge in [0.05, 0.1) is 0 Å². The topological polar surface area (TPSA) is 96.5 Å². The number of nitrogens with zero attached hydrogens (tertiary/aromatic N) is 3. The summed E-state index contributed by atoms with van der Waals surface area (Å²) in [5.41, 5.74) is 0. The lowest BCUT2D eigenvalue weighted by molar-refractivity contribution is -0.145. The minimum atomic E-state index is -1.00. The third-order valence-corrected chi connectivity index (χ3v) is 3.01. The summed E-state index contributed by atoms with van der Waals surface area (Å²) >= 11 is 0. The molecule has 0 saturated heterocycles. The molecular weight excluding hydrogens is 274 g/mol. The fourth-order valence-corrected chi connectivity index (χ4v) is 1.96. The average Bonchev–Trinajstić information content (AvgIpc) is 2.83. The molecule has 1 amide bonds. The van der Waals surface area contributed by atoms with E-state index >= 15 is 0 Å². The molecule has 0 aliphatic heterocycles.